The Bertz CT molecular complexity index is 1060. The van der Waals surface area contributed by atoms with E-state index in [2.05, 4.69) is 16.8 Å². The zero-order chi connectivity index (χ0) is 23.9. The van der Waals surface area contributed by atoms with Crippen LogP contribution in [-0.4, -0.2) is 43.4 Å². The van der Waals surface area contributed by atoms with Crippen LogP contribution in [0.1, 0.15) is 53.8 Å². The van der Waals surface area contributed by atoms with Crippen LogP contribution in [0.4, 0.5) is 16.2 Å². The predicted molar refractivity (Wildman–Crippen MR) is 122 cm³/mol. The van der Waals surface area contributed by atoms with Gasteiger partial charge in [-0.15, -0.1) is 0 Å². The van der Waals surface area contributed by atoms with Gasteiger partial charge < -0.3 is 14.4 Å². The first kappa shape index (κ1) is 17.0. The fraction of sp³-hybridized carbons (Fsp3) is 0.520. The molecular weight excluding hydrogens is 390 g/mol. The van der Waals surface area contributed by atoms with Crippen molar-refractivity contribution in [3.05, 3.63) is 41.7 Å². The Morgan fingerprint density at radius 3 is 2.65 bits per heavy atom. The van der Waals surface area contributed by atoms with Gasteiger partial charge in [-0.25, -0.2) is 4.79 Å². The van der Waals surface area contributed by atoms with Gasteiger partial charge in [-0.1, -0.05) is 18.9 Å². The molecular formula is C25H31N3O3. The number of fused-ring (bicyclic) bond motifs is 1. The number of ether oxygens (including phenoxy) is 2. The maximum Gasteiger partial charge on any atom is 0.414 e. The zero-order valence-corrected chi connectivity index (χ0v) is 18.0. The summed E-state index contributed by atoms with van der Waals surface area (Å²) in [6.07, 6.45) is 10.8. The van der Waals surface area contributed by atoms with Crippen molar-refractivity contribution in [3.63, 3.8) is 0 Å². The zero-order valence-electron chi connectivity index (χ0n) is 21.0. The number of hydrogen-bond donors (Lipinski definition) is 0. The second-order valence-electron chi connectivity index (χ2n) is 8.79. The second kappa shape index (κ2) is 8.50. The average Bonchev–Trinajstić information content (AvgIpc) is 3.32. The van der Waals surface area contributed by atoms with Crippen LogP contribution in [0.15, 0.2) is 30.6 Å². The number of hydrogen-bond acceptors (Lipinski definition) is 5. The number of anilines is 2. The normalized spacial score (nSPS) is 22.0. The summed E-state index contributed by atoms with van der Waals surface area (Å²) >= 11 is 0. The van der Waals surface area contributed by atoms with E-state index in [-0.39, 0.29) is 6.61 Å². The van der Waals surface area contributed by atoms with Crippen LogP contribution in [0, 0.1) is 6.92 Å². The molecule has 0 radical (unpaired) electrons. The van der Waals surface area contributed by atoms with E-state index in [0.717, 1.165) is 53.2 Å². The smallest absolute Gasteiger partial charge is 0.414 e. The van der Waals surface area contributed by atoms with Crippen LogP contribution < -0.4 is 9.80 Å². The van der Waals surface area contributed by atoms with Gasteiger partial charge in [0.05, 0.1) is 29.8 Å². The van der Waals surface area contributed by atoms with E-state index in [1.54, 1.807) is 6.07 Å². The lowest BCUT2D eigenvalue weighted by atomic mass is 9.97. The fourth-order valence-corrected chi connectivity index (χ4v) is 5.04. The summed E-state index contributed by atoms with van der Waals surface area (Å²) in [6, 6.07) is 5.44. The van der Waals surface area contributed by atoms with Gasteiger partial charge in [-0.2, -0.15) is 0 Å². The van der Waals surface area contributed by atoms with Gasteiger partial charge >= 0.3 is 6.09 Å². The van der Waals surface area contributed by atoms with Crippen LogP contribution in [0.5, 0.6) is 0 Å². The molecule has 1 aromatic carbocycles. The first-order chi connectivity index (χ1) is 16.3. The van der Waals surface area contributed by atoms with E-state index in [1.807, 2.05) is 24.5 Å². The molecule has 2 aromatic rings. The molecule has 31 heavy (non-hydrogen) atoms. The van der Waals surface area contributed by atoms with Crippen molar-refractivity contribution in [2.45, 2.75) is 64.3 Å². The van der Waals surface area contributed by atoms with Gasteiger partial charge in [0.1, 0.15) is 6.61 Å². The monoisotopic (exact) mass is 424 g/mol. The molecule has 1 amide bonds. The van der Waals surface area contributed by atoms with Crippen molar-refractivity contribution < 1.29 is 18.4 Å². The van der Waals surface area contributed by atoms with Crippen molar-refractivity contribution in [2.24, 2.45) is 0 Å². The Balaban J connectivity index is 1.35. The molecule has 1 saturated heterocycles. The lowest BCUT2D eigenvalue weighted by Gasteiger charge is -2.35. The first-order valence-electron chi connectivity index (χ1n) is 12.8. The van der Waals surface area contributed by atoms with Gasteiger partial charge in [0.15, 0.2) is 0 Å². The average molecular weight is 425 g/mol. The molecule has 6 heteroatoms. The van der Waals surface area contributed by atoms with E-state index >= 15 is 0 Å². The van der Waals surface area contributed by atoms with Crippen LogP contribution in [-0.2, 0) is 16.1 Å². The van der Waals surface area contributed by atoms with Crippen molar-refractivity contribution in [1.29, 1.82) is 0 Å². The maximum atomic E-state index is 12.1. The maximum absolute atomic E-state index is 12.1. The minimum Gasteiger partial charge on any atom is -0.444 e. The van der Waals surface area contributed by atoms with Crippen molar-refractivity contribution in [2.75, 3.05) is 29.9 Å². The van der Waals surface area contributed by atoms with Crippen LogP contribution in [0.2, 0.25) is 0 Å². The van der Waals surface area contributed by atoms with Gasteiger partial charge in [0, 0.05) is 41.5 Å². The van der Waals surface area contributed by atoms with Crippen LogP contribution >= 0.6 is 0 Å². The number of rotatable bonds is 4. The molecule has 3 aliphatic rings. The minimum atomic E-state index is -2.60. The summed E-state index contributed by atoms with van der Waals surface area (Å²) in [5.74, 6) is 0. The molecule has 1 saturated carbocycles. The SMILES string of the molecule is [2H]C([2H])([2H])N1C(=O)OCc2cc(-c3cncc(N4CCC(OC5CCCC5)CC4)c3C)ccc21. The molecule has 2 aliphatic heterocycles. The van der Waals surface area contributed by atoms with E-state index in [4.69, 9.17) is 13.6 Å². The summed E-state index contributed by atoms with van der Waals surface area (Å²) in [5, 5.41) is 0. The van der Waals surface area contributed by atoms with E-state index < -0.39 is 13.1 Å². The Morgan fingerprint density at radius 1 is 1.10 bits per heavy atom. The summed E-state index contributed by atoms with van der Waals surface area (Å²) in [4.78, 5) is 19.7. The molecule has 0 unspecified atom stereocenters. The molecule has 5 rings (SSSR count). The van der Waals surface area contributed by atoms with Gasteiger partial charge in [0.25, 0.3) is 0 Å². The highest BCUT2D eigenvalue weighted by Crippen LogP contribution is 2.35. The molecule has 0 atom stereocenters. The number of carbonyl (C=O) groups excluding carboxylic acids is 1. The number of cyclic esters (lactones) is 1. The van der Waals surface area contributed by atoms with E-state index in [0.29, 0.717) is 23.5 Å². The van der Waals surface area contributed by atoms with E-state index in [9.17, 15) is 4.79 Å². The fourth-order valence-electron chi connectivity index (χ4n) is 5.04. The largest absolute Gasteiger partial charge is 0.444 e. The highest BCUT2D eigenvalue weighted by molar-refractivity contribution is 5.90. The van der Waals surface area contributed by atoms with Gasteiger partial charge in [-0.05, 0) is 55.9 Å². The summed E-state index contributed by atoms with van der Waals surface area (Å²) in [7, 11) is 0. The highest BCUT2D eigenvalue weighted by atomic mass is 16.6. The molecule has 2 fully saturated rings. The Kier molecular flexibility index (Phi) is 4.67. The number of nitrogens with zero attached hydrogens (tertiary/aromatic N) is 3. The third kappa shape index (κ3) is 4.01. The Hall–Kier alpha value is -2.60. The van der Waals surface area contributed by atoms with Crippen molar-refractivity contribution in [3.8, 4) is 11.1 Å². The quantitative estimate of drug-likeness (QED) is 0.686. The molecule has 6 nitrogen and oxygen atoms in total. The molecule has 1 aliphatic carbocycles. The molecule has 0 N–H and O–H groups in total. The lowest BCUT2D eigenvalue weighted by molar-refractivity contribution is -0.0194. The molecule has 3 heterocycles. The molecule has 164 valence electrons. The molecule has 0 bridgehead atoms. The van der Waals surface area contributed by atoms with Crippen LogP contribution in [0.25, 0.3) is 11.1 Å². The molecule has 1 aromatic heterocycles. The highest BCUT2D eigenvalue weighted by Gasteiger charge is 2.26. The number of aromatic nitrogens is 1. The standard InChI is InChI=1S/C25H31N3O3/c1-17-22(18-7-8-23-19(13-18)16-30-25(29)27(23)2)14-26-15-24(17)28-11-9-21(10-12-28)31-20-5-3-4-6-20/h7-8,13-15,20-21H,3-6,9-12,16H2,1-2H3/i2D3. The lowest BCUT2D eigenvalue weighted by Crippen LogP contribution is -2.38. The third-order valence-corrected chi connectivity index (χ3v) is 6.82. The minimum absolute atomic E-state index is 0.0509. The summed E-state index contributed by atoms with van der Waals surface area (Å²) < 4.78 is 34.5. The Labute approximate surface area is 188 Å². The summed E-state index contributed by atoms with van der Waals surface area (Å²) in [5.41, 5.74) is 5.19. The first-order valence-corrected chi connectivity index (χ1v) is 11.3. The van der Waals surface area contributed by atoms with Crippen molar-refractivity contribution in [1.82, 2.24) is 4.98 Å². The van der Waals surface area contributed by atoms with Gasteiger partial charge in [0.2, 0.25) is 0 Å². The number of carbonyl (C=O) groups is 1. The summed E-state index contributed by atoms with van der Waals surface area (Å²) in [6.45, 7) is 1.43. The number of pyridine rings is 1. The van der Waals surface area contributed by atoms with Gasteiger partial charge in [-0.3, -0.25) is 9.88 Å². The van der Waals surface area contributed by atoms with Crippen molar-refractivity contribution >= 4 is 17.5 Å². The number of amides is 1. The number of benzene rings is 1. The van der Waals surface area contributed by atoms with Crippen LogP contribution in [0.3, 0.4) is 0 Å². The topological polar surface area (TPSA) is 54.9 Å². The number of piperidine rings is 1. The Morgan fingerprint density at radius 2 is 1.87 bits per heavy atom. The van der Waals surface area contributed by atoms with E-state index in [1.165, 1.54) is 25.7 Å². The third-order valence-electron chi connectivity index (χ3n) is 6.82. The predicted octanol–water partition coefficient (Wildman–Crippen LogP) is 5.07. The second-order valence-corrected chi connectivity index (χ2v) is 8.79. The molecule has 0 spiro atoms.